The zero-order valence-electron chi connectivity index (χ0n) is 12.8. The van der Waals surface area contributed by atoms with E-state index in [4.69, 9.17) is 14.6 Å². The molecule has 0 bridgehead atoms. The first-order chi connectivity index (χ1) is 11.1. The molecule has 1 fully saturated rings. The van der Waals surface area contributed by atoms with Crippen LogP contribution in [-0.2, 0) is 27.1 Å². The van der Waals surface area contributed by atoms with Gasteiger partial charge in [0.2, 0.25) is 0 Å². The van der Waals surface area contributed by atoms with Crippen LogP contribution in [0.4, 0.5) is 0 Å². The summed E-state index contributed by atoms with van der Waals surface area (Å²) >= 11 is 0. The van der Waals surface area contributed by atoms with Gasteiger partial charge in [0.1, 0.15) is 6.61 Å². The molecule has 1 aliphatic carbocycles. The monoisotopic (exact) mass is 320 g/mol. The van der Waals surface area contributed by atoms with Gasteiger partial charge in [0.25, 0.3) is 5.91 Å². The van der Waals surface area contributed by atoms with Gasteiger partial charge in [-0.3, -0.25) is 9.78 Å². The minimum Gasteiger partial charge on any atom is -0.480 e. The van der Waals surface area contributed by atoms with E-state index >= 15 is 0 Å². The molecule has 7 nitrogen and oxygen atoms in total. The number of hydrogen-bond donors (Lipinski definition) is 2. The highest BCUT2D eigenvalue weighted by Crippen LogP contribution is 2.20. The Morgan fingerprint density at radius 3 is 3.13 bits per heavy atom. The quantitative estimate of drug-likeness (QED) is 0.822. The Kier molecular flexibility index (Phi) is 4.88. The molecule has 0 saturated carbocycles. The lowest BCUT2D eigenvalue weighted by molar-refractivity contribution is -0.147. The minimum absolute atomic E-state index is 0.230. The number of nitrogens with one attached hydrogen (secondary N) is 1. The molecular weight excluding hydrogens is 300 g/mol. The second-order valence-corrected chi connectivity index (χ2v) is 5.87. The maximum absolute atomic E-state index is 12.4. The predicted octanol–water partition coefficient (Wildman–Crippen LogP) is 0.559. The molecule has 1 aromatic heterocycles. The van der Waals surface area contributed by atoms with Gasteiger partial charge in [0.05, 0.1) is 24.3 Å². The van der Waals surface area contributed by atoms with Gasteiger partial charge in [0, 0.05) is 18.5 Å². The lowest BCUT2D eigenvalue weighted by Crippen LogP contribution is -2.51. The van der Waals surface area contributed by atoms with Crippen LogP contribution < -0.4 is 5.32 Å². The molecule has 1 aliphatic heterocycles. The number of carboxylic acids is 1. The maximum atomic E-state index is 12.4. The summed E-state index contributed by atoms with van der Waals surface area (Å²) in [6, 6.07) is 1.53. The number of aryl methyl sites for hydroxylation is 2. The zero-order chi connectivity index (χ0) is 16.2. The van der Waals surface area contributed by atoms with Gasteiger partial charge in [-0.2, -0.15) is 0 Å². The summed E-state index contributed by atoms with van der Waals surface area (Å²) in [5, 5.41) is 11.6. The molecule has 1 aromatic rings. The Morgan fingerprint density at radius 1 is 1.43 bits per heavy atom. The summed E-state index contributed by atoms with van der Waals surface area (Å²) in [6.45, 7) is 0.433. The van der Waals surface area contributed by atoms with Gasteiger partial charge in [-0.25, -0.2) is 4.79 Å². The number of carbonyl (C=O) groups excluding carboxylic acids is 1. The molecule has 0 unspecified atom stereocenters. The van der Waals surface area contributed by atoms with Gasteiger partial charge in [0.15, 0.2) is 0 Å². The third-order valence-electron chi connectivity index (χ3n) is 4.21. The van der Waals surface area contributed by atoms with Crippen LogP contribution in [0.1, 0.15) is 34.5 Å². The molecule has 2 heterocycles. The van der Waals surface area contributed by atoms with Crippen LogP contribution in [0.5, 0.6) is 0 Å². The predicted molar refractivity (Wildman–Crippen MR) is 80.3 cm³/mol. The van der Waals surface area contributed by atoms with Gasteiger partial charge in [-0.15, -0.1) is 0 Å². The average Bonchev–Trinajstić information content (AvgIpc) is 3.01. The summed E-state index contributed by atoms with van der Waals surface area (Å²) < 4.78 is 10.7. The number of amides is 1. The fourth-order valence-corrected chi connectivity index (χ4v) is 3.03. The lowest BCUT2D eigenvalue weighted by atomic mass is 10.1. The van der Waals surface area contributed by atoms with Crippen molar-refractivity contribution in [3.8, 4) is 0 Å². The Balaban J connectivity index is 1.64. The normalized spacial score (nSPS) is 23.3. The highest BCUT2D eigenvalue weighted by molar-refractivity contribution is 5.94. The molecule has 0 radical (unpaired) electrons. The van der Waals surface area contributed by atoms with Crippen molar-refractivity contribution >= 4 is 11.9 Å². The molecular formula is C16H20N2O5. The van der Waals surface area contributed by atoms with Crippen LogP contribution in [0, 0.1) is 0 Å². The fraction of sp³-hybridized carbons (Fsp3) is 0.562. The Morgan fingerprint density at radius 2 is 2.30 bits per heavy atom. The van der Waals surface area contributed by atoms with E-state index in [9.17, 15) is 9.59 Å². The number of hydrogen-bond acceptors (Lipinski definition) is 5. The molecule has 7 heteroatoms. The minimum atomic E-state index is -1.02. The molecule has 3 rings (SSSR count). The first-order valence-electron chi connectivity index (χ1n) is 7.83. The molecule has 1 saturated heterocycles. The van der Waals surface area contributed by atoms with Crippen molar-refractivity contribution in [2.24, 2.45) is 0 Å². The van der Waals surface area contributed by atoms with E-state index in [1.807, 2.05) is 6.07 Å². The number of rotatable bonds is 5. The fourth-order valence-electron chi connectivity index (χ4n) is 3.03. The van der Waals surface area contributed by atoms with Crippen LogP contribution in [0.3, 0.4) is 0 Å². The average molecular weight is 320 g/mol. The molecule has 2 aliphatic rings. The second-order valence-electron chi connectivity index (χ2n) is 5.87. The second kappa shape index (κ2) is 7.06. The lowest BCUT2D eigenvalue weighted by Gasteiger charge is -2.31. The molecule has 23 heavy (non-hydrogen) atoms. The number of aromatic nitrogens is 1. The van der Waals surface area contributed by atoms with Crippen LogP contribution >= 0.6 is 0 Å². The van der Waals surface area contributed by atoms with Gasteiger partial charge < -0.3 is 19.9 Å². The highest BCUT2D eigenvalue weighted by Gasteiger charge is 2.29. The third kappa shape index (κ3) is 3.86. The molecule has 1 amide bonds. The Bertz CT molecular complexity index is 604. The smallest absolute Gasteiger partial charge is 0.329 e. The van der Waals surface area contributed by atoms with E-state index in [1.54, 1.807) is 6.20 Å². The van der Waals surface area contributed by atoms with E-state index < -0.39 is 5.97 Å². The summed E-state index contributed by atoms with van der Waals surface area (Å²) in [6.07, 6.45) is 4.80. The van der Waals surface area contributed by atoms with Gasteiger partial charge >= 0.3 is 5.97 Å². The van der Waals surface area contributed by atoms with Crippen molar-refractivity contribution in [1.29, 1.82) is 0 Å². The van der Waals surface area contributed by atoms with Crippen molar-refractivity contribution in [1.82, 2.24) is 10.3 Å². The Labute approximate surface area is 134 Å². The number of carboxylic acid groups (broad SMARTS) is 1. The standard InChI is InChI=1S/C16H20N2O5/c19-15(20)9-23-14-4-5-22-8-13(14)18-16(21)11-6-10-2-1-3-12(10)17-7-11/h6-7,13-14H,1-5,8-9H2,(H,18,21)(H,19,20)/t13-,14+/m1/s1. The van der Waals surface area contributed by atoms with Crippen LogP contribution in [0.2, 0.25) is 0 Å². The topological polar surface area (TPSA) is 97.8 Å². The Hall–Kier alpha value is -1.99. The van der Waals surface area contributed by atoms with E-state index in [0.717, 1.165) is 30.5 Å². The van der Waals surface area contributed by atoms with Crippen molar-refractivity contribution in [2.75, 3.05) is 19.8 Å². The SMILES string of the molecule is O=C(O)CO[C@H]1CCOC[C@H]1NC(=O)c1cnc2c(c1)CCC2. The zero-order valence-corrected chi connectivity index (χ0v) is 12.8. The molecule has 2 N–H and O–H groups in total. The van der Waals surface area contributed by atoms with E-state index in [1.165, 1.54) is 0 Å². The van der Waals surface area contributed by atoms with Crippen molar-refractivity contribution in [3.05, 3.63) is 29.1 Å². The van der Waals surface area contributed by atoms with Crippen molar-refractivity contribution in [3.63, 3.8) is 0 Å². The van der Waals surface area contributed by atoms with Gasteiger partial charge in [-0.1, -0.05) is 0 Å². The number of aliphatic carboxylic acids is 1. The van der Waals surface area contributed by atoms with E-state index in [2.05, 4.69) is 10.3 Å². The number of carbonyl (C=O) groups is 2. The van der Waals surface area contributed by atoms with Crippen LogP contribution in [0.15, 0.2) is 12.3 Å². The largest absolute Gasteiger partial charge is 0.480 e. The number of fused-ring (bicyclic) bond motifs is 1. The third-order valence-corrected chi connectivity index (χ3v) is 4.21. The number of pyridine rings is 1. The van der Waals surface area contributed by atoms with Gasteiger partial charge in [-0.05, 0) is 37.3 Å². The summed E-state index contributed by atoms with van der Waals surface area (Å²) in [5.74, 6) is -1.25. The van der Waals surface area contributed by atoms with Crippen LogP contribution in [0.25, 0.3) is 0 Å². The van der Waals surface area contributed by atoms with Crippen molar-refractivity contribution in [2.45, 2.75) is 37.8 Å². The highest BCUT2D eigenvalue weighted by atomic mass is 16.5. The first-order valence-corrected chi connectivity index (χ1v) is 7.83. The molecule has 2 atom stereocenters. The molecule has 124 valence electrons. The van der Waals surface area contributed by atoms with E-state index in [-0.39, 0.29) is 24.7 Å². The summed E-state index contributed by atoms with van der Waals surface area (Å²) in [4.78, 5) is 27.4. The molecule has 0 spiro atoms. The summed E-state index contributed by atoms with van der Waals surface area (Å²) in [5.41, 5.74) is 2.73. The maximum Gasteiger partial charge on any atom is 0.329 e. The summed E-state index contributed by atoms with van der Waals surface area (Å²) in [7, 11) is 0. The van der Waals surface area contributed by atoms with E-state index in [0.29, 0.717) is 25.2 Å². The molecule has 0 aromatic carbocycles. The van der Waals surface area contributed by atoms with Crippen LogP contribution in [-0.4, -0.2) is 53.9 Å². The number of ether oxygens (including phenoxy) is 2. The number of nitrogens with zero attached hydrogens (tertiary/aromatic N) is 1. The first kappa shape index (κ1) is 15.9. The van der Waals surface area contributed by atoms with Crippen molar-refractivity contribution < 1.29 is 24.2 Å².